The molecular weight excluding hydrogens is 324 g/mol. The zero-order chi connectivity index (χ0) is 13.7. The highest BCUT2D eigenvalue weighted by Gasteiger charge is 2.13. The van der Waals surface area contributed by atoms with Gasteiger partial charge in [0.25, 0.3) is 0 Å². The van der Waals surface area contributed by atoms with Gasteiger partial charge in [0.2, 0.25) is 0 Å². The number of hydrogen-bond acceptors (Lipinski definition) is 3. The second kappa shape index (κ2) is 6.89. The van der Waals surface area contributed by atoms with Gasteiger partial charge in [-0.1, -0.05) is 34.1 Å². The maximum atomic E-state index is 5.72. The van der Waals surface area contributed by atoms with Crippen molar-refractivity contribution in [2.45, 2.75) is 6.92 Å². The lowest BCUT2D eigenvalue weighted by atomic mass is 9.99. The highest BCUT2D eigenvalue weighted by Crippen LogP contribution is 2.35. The molecule has 0 aliphatic heterocycles. The summed E-state index contributed by atoms with van der Waals surface area (Å²) < 4.78 is 10.7. The Balaban J connectivity index is 2.46. The smallest absolute Gasteiger partial charge is 0.188 e. The van der Waals surface area contributed by atoms with Crippen molar-refractivity contribution in [1.29, 1.82) is 0 Å². The fourth-order valence-electron chi connectivity index (χ4n) is 1.87. The van der Waals surface area contributed by atoms with Crippen LogP contribution in [0.1, 0.15) is 16.7 Å². The van der Waals surface area contributed by atoms with Gasteiger partial charge in [-0.15, -0.1) is 0 Å². The number of aryl methyl sites for hydroxylation is 1. The highest BCUT2D eigenvalue weighted by molar-refractivity contribution is 9.11. The SMILES string of the molecule is COCOc1c(C)cccc1/C(=C\Br)c1ccsc1. The molecule has 0 N–H and O–H groups in total. The summed E-state index contributed by atoms with van der Waals surface area (Å²) in [6.45, 7) is 2.28. The average molecular weight is 339 g/mol. The van der Waals surface area contributed by atoms with Gasteiger partial charge in [-0.25, -0.2) is 0 Å². The third-order valence-electron chi connectivity index (χ3n) is 2.76. The summed E-state index contributed by atoms with van der Waals surface area (Å²) in [7, 11) is 1.62. The molecule has 0 spiro atoms. The van der Waals surface area contributed by atoms with Crippen molar-refractivity contribution in [1.82, 2.24) is 0 Å². The van der Waals surface area contributed by atoms with E-state index in [1.807, 2.05) is 24.0 Å². The monoisotopic (exact) mass is 338 g/mol. The first-order valence-corrected chi connectivity index (χ1v) is 7.68. The van der Waals surface area contributed by atoms with Gasteiger partial charge in [0.1, 0.15) is 5.75 Å². The standard InChI is InChI=1S/C15H15BrO2S/c1-11-4-3-5-13(15(11)18-10-17-2)14(8-16)12-6-7-19-9-12/h3-9H,10H2,1-2H3/b14-8-. The molecule has 0 saturated heterocycles. The normalized spacial score (nSPS) is 11.6. The quantitative estimate of drug-likeness (QED) is 0.727. The number of methoxy groups -OCH3 is 1. The van der Waals surface area contributed by atoms with Gasteiger partial charge in [-0.2, -0.15) is 11.3 Å². The highest BCUT2D eigenvalue weighted by atomic mass is 79.9. The molecule has 0 aliphatic rings. The maximum Gasteiger partial charge on any atom is 0.188 e. The zero-order valence-electron chi connectivity index (χ0n) is 10.9. The van der Waals surface area contributed by atoms with Crippen LogP contribution in [-0.4, -0.2) is 13.9 Å². The van der Waals surface area contributed by atoms with Crippen LogP contribution in [0.2, 0.25) is 0 Å². The minimum Gasteiger partial charge on any atom is -0.467 e. The number of halogens is 1. The Kier molecular flexibility index (Phi) is 5.19. The van der Waals surface area contributed by atoms with Crippen molar-refractivity contribution in [2.75, 3.05) is 13.9 Å². The van der Waals surface area contributed by atoms with Crippen molar-refractivity contribution in [3.05, 3.63) is 56.7 Å². The molecule has 0 saturated carbocycles. The lowest BCUT2D eigenvalue weighted by Crippen LogP contribution is -2.03. The summed E-state index contributed by atoms with van der Waals surface area (Å²) in [5.41, 5.74) is 4.44. The van der Waals surface area contributed by atoms with E-state index >= 15 is 0 Å². The predicted molar refractivity (Wildman–Crippen MR) is 84.0 cm³/mol. The van der Waals surface area contributed by atoms with E-state index in [1.54, 1.807) is 18.4 Å². The topological polar surface area (TPSA) is 18.5 Å². The van der Waals surface area contributed by atoms with Crippen LogP contribution >= 0.6 is 27.3 Å². The molecule has 0 amide bonds. The fourth-order valence-corrected chi connectivity index (χ4v) is 3.04. The summed E-state index contributed by atoms with van der Waals surface area (Å²) in [6.07, 6.45) is 0. The van der Waals surface area contributed by atoms with Crippen LogP contribution in [-0.2, 0) is 4.74 Å². The van der Waals surface area contributed by atoms with E-state index in [0.717, 1.165) is 22.4 Å². The number of ether oxygens (including phenoxy) is 2. The Hall–Kier alpha value is -1.10. The first-order chi connectivity index (χ1) is 9.27. The average Bonchev–Trinajstić information content (AvgIpc) is 2.93. The van der Waals surface area contributed by atoms with Crippen molar-refractivity contribution in [2.24, 2.45) is 0 Å². The lowest BCUT2D eigenvalue weighted by Gasteiger charge is -2.15. The summed E-state index contributed by atoms with van der Waals surface area (Å²) in [4.78, 5) is 1.93. The molecule has 19 heavy (non-hydrogen) atoms. The van der Waals surface area contributed by atoms with Crippen molar-refractivity contribution in [3.63, 3.8) is 0 Å². The number of rotatable bonds is 5. The minimum absolute atomic E-state index is 0.247. The molecule has 1 heterocycles. The van der Waals surface area contributed by atoms with Crippen LogP contribution < -0.4 is 4.74 Å². The van der Waals surface area contributed by atoms with Gasteiger partial charge in [0.15, 0.2) is 6.79 Å². The van der Waals surface area contributed by atoms with Gasteiger partial charge in [0.05, 0.1) is 0 Å². The maximum absolute atomic E-state index is 5.72. The van der Waals surface area contributed by atoms with Crippen molar-refractivity contribution >= 4 is 32.8 Å². The zero-order valence-corrected chi connectivity index (χ0v) is 13.3. The molecule has 1 aromatic carbocycles. The number of benzene rings is 1. The molecule has 0 unspecified atom stereocenters. The molecule has 0 aliphatic carbocycles. The van der Waals surface area contributed by atoms with E-state index in [0.29, 0.717) is 0 Å². The summed E-state index contributed by atoms with van der Waals surface area (Å²) in [6, 6.07) is 8.23. The van der Waals surface area contributed by atoms with Gasteiger partial charge in [0, 0.05) is 18.2 Å². The van der Waals surface area contributed by atoms with E-state index in [1.165, 1.54) is 5.56 Å². The van der Waals surface area contributed by atoms with E-state index < -0.39 is 0 Å². The first kappa shape index (κ1) is 14.3. The summed E-state index contributed by atoms with van der Waals surface area (Å²) >= 11 is 5.14. The van der Waals surface area contributed by atoms with Crippen molar-refractivity contribution in [3.8, 4) is 5.75 Å². The Morgan fingerprint density at radius 1 is 1.37 bits per heavy atom. The van der Waals surface area contributed by atoms with Gasteiger partial charge in [-0.05, 0) is 39.9 Å². The molecule has 0 atom stereocenters. The lowest BCUT2D eigenvalue weighted by molar-refractivity contribution is 0.0504. The third-order valence-corrected chi connectivity index (χ3v) is 3.91. The second-order valence-electron chi connectivity index (χ2n) is 4.04. The van der Waals surface area contributed by atoms with E-state index in [9.17, 15) is 0 Å². The van der Waals surface area contributed by atoms with Crippen LogP contribution in [0.5, 0.6) is 5.75 Å². The largest absolute Gasteiger partial charge is 0.467 e. The molecular formula is C15H15BrO2S. The summed E-state index contributed by atoms with van der Waals surface area (Å²) in [5.74, 6) is 0.862. The summed E-state index contributed by atoms with van der Waals surface area (Å²) in [5, 5.41) is 4.19. The van der Waals surface area contributed by atoms with E-state index in [-0.39, 0.29) is 6.79 Å². The molecule has 1 aromatic heterocycles. The number of hydrogen-bond donors (Lipinski definition) is 0. The Bertz CT molecular complexity index is 562. The van der Waals surface area contributed by atoms with E-state index in [4.69, 9.17) is 9.47 Å². The van der Waals surface area contributed by atoms with Gasteiger partial charge in [-0.3, -0.25) is 0 Å². The molecule has 2 rings (SSSR count). The predicted octanol–water partition coefficient (Wildman–Crippen LogP) is 4.82. The van der Waals surface area contributed by atoms with E-state index in [2.05, 4.69) is 38.8 Å². The van der Waals surface area contributed by atoms with Crippen LogP contribution in [0.15, 0.2) is 40.0 Å². The molecule has 0 bridgehead atoms. The molecule has 100 valence electrons. The van der Waals surface area contributed by atoms with Gasteiger partial charge < -0.3 is 9.47 Å². The van der Waals surface area contributed by atoms with Crippen LogP contribution in [0.25, 0.3) is 5.57 Å². The molecule has 0 radical (unpaired) electrons. The Morgan fingerprint density at radius 3 is 2.84 bits per heavy atom. The number of para-hydroxylation sites is 1. The van der Waals surface area contributed by atoms with Crippen LogP contribution in [0.3, 0.4) is 0 Å². The molecule has 0 fully saturated rings. The minimum atomic E-state index is 0.247. The fraction of sp³-hybridized carbons (Fsp3) is 0.200. The number of thiophene rings is 1. The Labute approximate surface area is 125 Å². The third kappa shape index (κ3) is 3.26. The molecule has 4 heteroatoms. The molecule has 2 aromatic rings. The first-order valence-electron chi connectivity index (χ1n) is 5.82. The Morgan fingerprint density at radius 2 is 2.21 bits per heavy atom. The molecule has 2 nitrogen and oxygen atoms in total. The van der Waals surface area contributed by atoms with Gasteiger partial charge >= 0.3 is 0 Å². The van der Waals surface area contributed by atoms with Crippen molar-refractivity contribution < 1.29 is 9.47 Å². The van der Waals surface area contributed by atoms with Crippen LogP contribution in [0.4, 0.5) is 0 Å². The second-order valence-corrected chi connectivity index (χ2v) is 5.28. The van der Waals surface area contributed by atoms with Crippen LogP contribution in [0, 0.1) is 6.92 Å².